The lowest BCUT2D eigenvalue weighted by atomic mass is 10.2. The molecule has 0 saturated carbocycles. The van der Waals surface area contributed by atoms with Crippen molar-refractivity contribution in [3.05, 3.63) is 0 Å². The summed E-state index contributed by atoms with van der Waals surface area (Å²) in [6.45, 7) is 6.75. The minimum Gasteiger partial charge on any atom is -0.374 e. The Kier molecular flexibility index (Phi) is 2.96. The average Bonchev–Trinajstić information content (AvgIpc) is 2.29. The first-order valence-electron chi connectivity index (χ1n) is 4.80. The van der Waals surface area contributed by atoms with Gasteiger partial charge in [-0.15, -0.1) is 0 Å². The number of likely N-dealkylation sites (N-methyl/N-ethyl adjacent to an activating group) is 1. The molecule has 0 unspecified atom stereocenters. The van der Waals surface area contributed by atoms with E-state index >= 15 is 0 Å². The van der Waals surface area contributed by atoms with Crippen molar-refractivity contribution in [3.63, 3.8) is 0 Å². The van der Waals surface area contributed by atoms with Gasteiger partial charge in [-0.25, -0.2) is 0 Å². The molecule has 0 aromatic heterocycles. The predicted molar refractivity (Wildman–Crippen MR) is 51.5 cm³/mol. The van der Waals surface area contributed by atoms with Crippen LogP contribution in [0.25, 0.3) is 0 Å². The van der Waals surface area contributed by atoms with Crippen molar-refractivity contribution in [2.24, 2.45) is 0 Å². The van der Waals surface area contributed by atoms with Crippen LogP contribution in [-0.4, -0.2) is 36.1 Å². The summed E-state index contributed by atoms with van der Waals surface area (Å²) in [6.07, 6.45) is 1.61. The fraction of sp³-hybridized carbons (Fsp3) is 0.900. The molecule has 1 rings (SSSR count). The van der Waals surface area contributed by atoms with Crippen molar-refractivity contribution in [1.82, 2.24) is 4.90 Å². The Labute approximate surface area is 80.1 Å². The van der Waals surface area contributed by atoms with Gasteiger partial charge in [-0.3, -0.25) is 4.79 Å². The van der Waals surface area contributed by atoms with Crippen LogP contribution in [0.1, 0.15) is 33.6 Å². The number of carbonyl (C=O) groups is 1. The molecule has 1 heterocycles. The fourth-order valence-electron chi connectivity index (χ4n) is 1.41. The van der Waals surface area contributed by atoms with Gasteiger partial charge in [0.05, 0.1) is 18.2 Å². The summed E-state index contributed by atoms with van der Waals surface area (Å²) in [5.74, 6) is 0.238. The largest absolute Gasteiger partial charge is 0.374 e. The summed E-state index contributed by atoms with van der Waals surface area (Å²) in [5, 5.41) is 0. The molecule has 3 heteroatoms. The van der Waals surface area contributed by atoms with E-state index in [0.717, 1.165) is 6.42 Å². The highest BCUT2D eigenvalue weighted by atomic mass is 16.5. The van der Waals surface area contributed by atoms with Crippen LogP contribution >= 0.6 is 0 Å². The van der Waals surface area contributed by atoms with Crippen LogP contribution in [0, 0.1) is 0 Å². The van der Waals surface area contributed by atoms with Crippen molar-refractivity contribution in [3.8, 4) is 0 Å². The molecule has 0 bridgehead atoms. The highest BCUT2D eigenvalue weighted by Crippen LogP contribution is 2.18. The van der Waals surface area contributed by atoms with Gasteiger partial charge in [0.25, 0.3) is 0 Å². The number of hydrogen-bond donors (Lipinski definition) is 0. The monoisotopic (exact) mass is 185 g/mol. The van der Waals surface area contributed by atoms with Gasteiger partial charge in [0.2, 0.25) is 5.91 Å². The molecule has 1 saturated heterocycles. The standard InChI is InChI=1S/C10H19NO2/c1-10(2,3)13-7-8-5-6-9(12)11(8)4/h8H,5-7H2,1-4H3/t8-/m0/s1. The summed E-state index contributed by atoms with van der Waals surface area (Å²) in [4.78, 5) is 13.0. The maximum absolute atomic E-state index is 11.2. The molecule has 0 spiro atoms. The second-order valence-electron chi connectivity index (χ2n) is 4.62. The van der Waals surface area contributed by atoms with Crippen molar-refractivity contribution in [2.75, 3.05) is 13.7 Å². The van der Waals surface area contributed by atoms with Crippen LogP contribution in [0.3, 0.4) is 0 Å². The molecule has 1 aliphatic rings. The third-order valence-corrected chi connectivity index (χ3v) is 2.34. The van der Waals surface area contributed by atoms with E-state index in [-0.39, 0.29) is 17.6 Å². The molecule has 76 valence electrons. The number of likely N-dealkylation sites (tertiary alicyclic amines) is 1. The molecule has 1 atom stereocenters. The highest BCUT2D eigenvalue weighted by molar-refractivity contribution is 5.78. The van der Waals surface area contributed by atoms with Crippen LogP contribution in [-0.2, 0) is 9.53 Å². The van der Waals surface area contributed by atoms with Crippen molar-refractivity contribution in [1.29, 1.82) is 0 Å². The smallest absolute Gasteiger partial charge is 0.222 e. The van der Waals surface area contributed by atoms with Gasteiger partial charge in [-0.2, -0.15) is 0 Å². The average molecular weight is 185 g/mol. The molecule has 1 amide bonds. The Bertz CT molecular complexity index is 196. The quantitative estimate of drug-likeness (QED) is 0.651. The van der Waals surface area contributed by atoms with E-state index in [9.17, 15) is 4.79 Å². The van der Waals surface area contributed by atoms with Gasteiger partial charge in [0.1, 0.15) is 0 Å². The third kappa shape index (κ3) is 2.99. The number of rotatable bonds is 2. The molecule has 0 aliphatic carbocycles. The molecule has 1 aliphatic heterocycles. The SMILES string of the molecule is CN1C(=O)CC[C@H]1COC(C)(C)C. The fourth-order valence-corrected chi connectivity index (χ4v) is 1.41. The van der Waals surface area contributed by atoms with Gasteiger partial charge in [-0.1, -0.05) is 0 Å². The van der Waals surface area contributed by atoms with Gasteiger partial charge < -0.3 is 9.64 Å². The molecular formula is C10H19NO2. The normalized spacial score (nSPS) is 24.2. The van der Waals surface area contributed by atoms with Crippen molar-refractivity contribution >= 4 is 5.91 Å². The van der Waals surface area contributed by atoms with Crippen LogP contribution in [0.15, 0.2) is 0 Å². The summed E-state index contributed by atoms with van der Waals surface area (Å²) >= 11 is 0. The maximum Gasteiger partial charge on any atom is 0.222 e. The first kappa shape index (κ1) is 10.5. The second-order valence-corrected chi connectivity index (χ2v) is 4.62. The van der Waals surface area contributed by atoms with E-state index in [1.165, 1.54) is 0 Å². The van der Waals surface area contributed by atoms with E-state index in [0.29, 0.717) is 13.0 Å². The lowest BCUT2D eigenvalue weighted by molar-refractivity contribution is -0.129. The van der Waals surface area contributed by atoms with Gasteiger partial charge in [0, 0.05) is 13.5 Å². The summed E-state index contributed by atoms with van der Waals surface area (Å²) < 4.78 is 5.64. The Morgan fingerprint density at radius 1 is 1.54 bits per heavy atom. The van der Waals surface area contributed by atoms with Crippen LogP contribution in [0.2, 0.25) is 0 Å². The van der Waals surface area contributed by atoms with E-state index in [4.69, 9.17) is 4.74 Å². The lowest BCUT2D eigenvalue weighted by Gasteiger charge is -2.25. The van der Waals surface area contributed by atoms with Crippen LogP contribution < -0.4 is 0 Å². The number of amides is 1. The Morgan fingerprint density at radius 3 is 2.54 bits per heavy atom. The molecule has 0 N–H and O–H groups in total. The van der Waals surface area contributed by atoms with Gasteiger partial charge in [-0.05, 0) is 27.2 Å². The highest BCUT2D eigenvalue weighted by Gasteiger charge is 2.28. The summed E-state index contributed by atoms with van der Waals surface area (Å²) in [7, 11) is 1.85. The Balaban J connectivity index is 2.35. The number of ether oxygens (including phenoxy) is 1. The third-order valence-electron chi connectivity index (χ3n) is 2.34. The summed E-state index contributed by atoms with van der Waals surface area (Å²) in [6, 6.07) is 0.284. The Morgan fingerprint density at radius 2 is 2.15 bits per heavy atom. The minimum absolute atomic E-state index is 0.105. The predicted octanol–water partition coefficient (Wildman–Crippen LogP) is 1.42. The zero-order chi connectivity index (χ0) is 10.1. The number of carbonyl (C=O) groups excluding carboxylic acids is 1. The van der Waals surface area contributed by atoms with Crippen molar-refractivity contribution in [2.45, 2.75) is 45.3 Å². The molecule has 1 fully saturated rings. The van der Waals surface area contributed by atoms with E-state index in [2.05, 4.69) is 0 Å². The van der Waals surface area contributed by atoms with E-state index < -0.39 is 0 Å². The first-order chi connectivity index (χ1) is 5.90. The van der Waals surface area contributed by atoms with E-state index in [1.807, 2.05) is 27.8 Å². The lowest BCUT2D eigenvalue weighted by Crippen LogP contribution is -2.35. The Hall–Kier alpha value is -0.570. The minimum atomic E-state index is -0.105. The van der Waals surface area contributed by atoms with Crippen LogP contribution in [0.4, 0.5) is 0 Å². The zero-order valence-corrected chi connectivity index (χ0v) is 8.96. The van der Waals surface area contributed by atoms with Crippen LogP contribution in [0.5, 0.6) is 0 Å². The molecular weight excluding hydrogens is 166 g/mol. The molecule has 0 radical (unpaired) electrons. The van der Waals surface area contributed by atoms with E-state index in [1.54, 1.807) is 4.90 Å². The van der Waals surface area contributed by atoms with Gasteiger partial charge in [0.15, 0.2) is 0 Å². The first-order valence-corrected chi connectivity index (χ1v) is 4.80. The second kappa shape index (κ2) is 3.66. The topological polar surface area (TPSA) is 29.5 Å². The molecule has 0 aromatic carbocycles. The molecule has 13 heavy (non-hydrogen) atoms. The van der Waals surface area contributed by atoms with Crippen molar-refractivity contribution < 1.29 is 9.53 Å². The number of hydrogen-bond acceptors (Lipinski definition) is 2. The molecule has 3 nitrogen and oxygen atoms in total. The maximum atomic E-state index is 11.2. The number of nitrogens with zero attached hydrogens (tertiary/aromatic N) is 1. The zero-order valence-electron chi connectivity index (χ0n) is 8.96. The molecule has 0 aromatic rings. The summed E-state index contributed by atoms with van der Waals surface area (Å²) in [5.41, 5.74) is -0.105. The van der Waals surface area contributed by atoms with Gasteiger partial charge >= 0.3 is 0 Å².